The Kier molecular flexibility index (Phi) is 3.26. The molecule has 0 saturated heterocycles. The van der Waals surface area contributed by atoms with Gasteiger partial charge in [0.2, 0.25) is 5.75 Å². The zero-order chi connectivity index (χ0) is 11.3. The largest absolute Gasteiger partial charge is 0.489 e. The second kappa shape index (κ2) is 4.64. The Labute approximate surface area is 86.0 Å². The van der Waals surface area contributed by atoms with Gasteiger partial charge in [-0.05, 0) is 12.0 Å². The molecule has 5 heteroatoms. The number of benzene rings is 1. The van der Waals surface area contributed by atoms with Crippen LogP contribution in [0.1, 0.15) is 5.56 Å². The molecule has 1 aromatic carbocycles. The van der Waals surface area contributed by atoms with E-state index in [1.54, 1.807) is 12.1 Å². The van der Waals surface area contributed by atoms with E-state index in [1.807, 2.05) is 0 Å². The van der Waals surface area contributed by atoms with E-state index in [-0.39, 0.29) is 11.4 Å². The molecule has 74 valence electrons. The Morgan fingerprint density at radius 3 is 2.80 bits per heavy atom. The summed E-state index contributed by atoms with van der Waals surface area (Å²) in [5.41, 5.74) is 0.162. The van der Waals surface area contributed by atoms with Gasteiger partial charge in [0.25, 0.3) is 0 Å². The van der Waals surface area contributed by atoms with E-state index >= 15 is 0 Å². The molecule has 0 heterocycles. The molecule has 0 bridgehead atoms. The minimum atomic E-state index is -0.559. The zero-order valence-electron chi connectivity index (χ0n) is 7.85. The van der Waals surface area contributed by atoms with Gasteiger partial charge in [-0.25, -0.2) is 0 Å². The lowest BCUT2D eigenvalue weighted by molar-refractivity contribution is -0.385. The highest BCUT2D eigenvalue weighted by molar-refractivity contribution is 5.58. The fourth-order valence-electron chi connectivity index (χ4n) is 1.08. The summed E-state index contributed by atoms with van der Waals surface area (Å²) >= 11 is 0. The van der Waals surface area contributed by atoms with Crippen LogP contribution in [0, 0.1) is 33.3 Å². The van der Waals surface area contributed by atoms with Crippen molar-refractivity contribution in [1.29, 1.82) is 5.26 Å². The predicted molar refractivity (Wildman–Crippen MR) is 52.1 cm³/mol. The van der Waals surface area contributed by atoms with Crippen molar-refractivity contribution in [2.45, 2.75) is 0 Å². The highest BCUT2D eigenvalue weighted by Gasteiger charge is 2.16. The van der Waals surface area contributed by atoms with Crippen molar-refractivity contribution in [3.05, 3.63) is 33.9 Å². The van der Waals surface area contributed by atoms with Gasteiger partial charge in [0.05, 0.1) is 17.6 Å². The molecule has 0 atom stereocenters. The van der Waals surface area contributed by atoms with Crippen LogP contribution in [-0.2, 0) is 0 Å². The van der Waals surface area contributed by atoms with Crippen molar-refractivity contribution in [2.75, 3.05) is 7.11 Å². The van der Waals surface area contributed by atoms with Crippen molar-refractivity contribution in [1.82, 2.24) is 0 Å². The van der Waals surface area contributed by atoms with E-state index in [9.17, 15) is 10.1 Å². The summed E-state index contributed by atoms with van der Waals surface area (Å²) in [4.78, 5) is 10.1. The summed E-state index contributed by atoms with van der Waals surface area (Å²) in [6.45, 7) is 0. The monoisotopic (exact) mass is 202 g/mol. The van der Waals surface area contributed by atoms with Crippen LogP contribution >= 0.6 is 0 Å². The van der Waals surface area contributed by atoms with Gasteiger partial charge in [-0.2, -0.15) is 5.26 Å². The third-order valence-corrected chi connectivity index (χ3v) is 1.65. The lowest BCUT2D eigenvalue weighted by Crippen LogP contribution is -1.95. The van der Waals surface area contributed by atoms with Crippen LogP contribution in [0.5, 0.6) is 5.75 Å². The molecule has 0 N–H and O–H groups in total. The van der Waals surface area contributed by atoms with Crippen LogP contribution in [0.15, 0.2) is 18.2 Å². The van der Waals surface area contributed by atoms with E-state index < -0.39 is 4.92 Å². The number of hydrogen-bond donors (Lipinski definition) is 0. The number of para-hydroxylation sites is 1. The summed E-state index contributed by atoms with van der Waals surface area (Å²) in [7, 11) is 1.32. The molecule has 15 heavy (non-hydrogen) atoms. The average Bonchev–Trinajstić information content (AvgIpc) is 2.25. The van der Waals surface area contributed by atoms with Crippen LogP contribution in [0.2, 0.25) is 0 Å². The van der Waals surface area contributed by atoms with Crippen LogP contribution in [0.25, 0.3) is 0 Å². The number of nitro groups is 1. The van der Waals surface area contributed by atoms with Crippen molar-refractivity contribution in [3.63, 3.8) is 0 Å². The second-order valence-corrected chi connectivity index (χ2v) is 2.48. The van der Waals surface area contributed by atoms with Crippen molar-refractivity contribution < 1.29 is 9.66 Å². The molecule has 1 aromatic rings. The van der Waals surface area contributed by atoms with Crippen molar-refractivity contribution >= 4 is 5.69 Å². The average molecular weight is 202 g/mol. The molecule has 0 amide bonds. The van der Waals surface area contributed by atoms with E-state index in [0.29, 0.717) is 5.56 Å². The number of methoxy groups -OCH3 is 1. The summed E-state index contributed by atoms with van der Waals surface area (Å²) in [6, 6.07) is 5.99. The fraction of sp³-hybridized carbons (Fsp3) is 0.100. The third-order valence-electron chi connectivity index (χ3n) is 1.65. The molecule has 5 nitrogen and oxygen atoms in total. The second-order valence-electron chi connectivity index (χ2n) is 2.48. The Morgan fingerprint density at radius 2 is 2.27 bits per heavy atom. The van der Waals surface area contributed by atoms with Gasteiger partial charge in [0, 0.05) is 12.0 Å². The lowest BCUT2D eigenvalue weighted by atomic mass is 10.2. The molecule has 0 fully saturated rings. The van der Waals surface area contributed by atoms with Crippen LogP contribution < -0.4 is 4.74 Å². The molecule has 0 spiro atoms. The normalized spacial score (nSPS) is 8.27. The summed E-state index contributed by atoms with van der Waals surface area (Å²) in [6.07, 6.45) is 0. The first-order valence-corrected chi connectivity index (χ1v) is 3.92. The Balaban J connectivity index is 3.36. The first kappa shape index (κ1) is 10.6. The van der Waals surface area contributed by atoms with Crippen LogP contribution in [0.3, 0.4) is 0 Å². The quantitative estimate of drug-likeness (QED) is 0.413. The molecule has 0 aliphatic heterocycles. The third kappa shape index (κ3) is 2.23. The molecular formula is C10H6N2O3. The maximum atomic E-state index is 10.6. The lowest BCUT2D eigenvalue weighted by Gasteiger charge is -2.02. The number of nitro benzene ring substituents is 1. The molecule has 1 rings (SSSR count). The van der Waals surface area contributed by atoms with Crippen LogP contribution in [0.4, 0.5) is 5.69 Å². The van der Waals surface area contributed by atoms with Gasteiger partial charge in [0.1, 0.15) is 0 Å². The maximum absolute atomic E-state index is 10.6. The SMILES string of the molecule is COc1c(C#CC#N)cccc1[N+](=O)[O-]. The van der Waals surface area contributed by atoms with Gasteiger partial charge in [-0.1, -0.05) is 6.07 Å². The van der Waals surface area contributed by atoms with Gasteiger partial charge in [0.15, 0.2) is 6.07 Å². The molecule has 0 saturated carbocycles. The van der Waals surface area contributed by atoms with Gasteiger partial charge >= 0.3 is 5.69 Å². The summed E-state index contributed by atoms with van der Waals surface area (Å²) in [5, 5.41) is 18.9. The zero-order valence-corrected chi connectivity index (χ0v) is 7.85. The number of nitriles is 1. The minimum Gasteiger partial charge on any atom is -0.489 e. The first-order chi connectivity index (χ1) is 7.20. The van der Waals surface area contributed by atoms with Gasteiger partial charge < -0.3 is 4.74 Å². The van der Waals surface area contributed by atoms with Crippen LogP contribution in [-0.4, -0.2) is 12.0 Å². The summed E-state index contributed by atoms with van der Waals surface area (Å²) in [5.74, 6) is 4.70. The number of hydrogen-bond acceptors (Lipinski definition) is 4. The predicted octanol–water partition coefficient (Wildman–Crippen LogP) is 1.48. The van der Waals surface area contributed by atoms with Gasteiger partial charge in [-0.15, -0.1) is 0 Å². The van der Waals surface area contributed by atoms with E-state index in [1.165, 1.54) is 19.2 Å². The molecule has 0 unspecified atom stereocenters. The number of rotatable bonds is 2. The van der Waals surface area contributed by atoms with Crippen molar-refractivity contribution in [3.8, 4) is 23.7 Å². The maximum Gasteiger partial charge on any atom is 0.312 e. The van der Waals surface area contributed by atoms with E-state index in [0.717, 1.165) is 0 Å². The highest BCUT2D eigenvalue weighted by Crippen LogP contribution is 2.29. The number of ether oxygens (including phenoxy) is 1. The standard InChI is InChI=1S/C10H6N2O3/c1-15-10-8(5-3-7-11)4-2-6-9(10)12(13)14/h2,4,6H,1H3. The molecule has 0 aliphatic carbocycles. The van der Waals surface area contributed by atoms with Crippen molar-refractivity contribution in [2.24, 2.45) is 0 Å². The Bertz CT molecular complexity index is 492. The first-order valence-electron chi connectivity index (χ1n) is 3.92. The Hall–Kier alpha value is -2.53. The molecule has 0 radical (unpaired) electrons. The van der Waals surface area contributed by atoms with E-state index in [4.69, 9.17) is 10.00 Å². The smallest absolute Gasteiger partial charge is 0.312 e. The van der Waals surface area contributed by atoms with Gasteiger partial charge in [-0.3, -0.25) is 10.1 Å². The molecule has 0 aromatic heterocycles. The highest BCUT2D eigenvalue weighted by atomic mass is 16.6. The Morgan fingerprint density at radius 1 is 1.53 bits per heavy atom. The molecule has 0 aliphatic rings. The summed E-state index contributed by atoms with van der Waals surface area (Å²) < 4.78 is 4.88. The molecular weight excluding hydrogens is 196 g/mol. The minimum absolute atomic E-state index is 0.0743. The van der Waals surface area contributed by atoms with E-state index in [2.05, 4.69) is 11.8 Å². The topological polar surface area (TPSA) is 76.2 Å². The fourth-order valence-corrected chi connectivity index (χ4v) is 1.08. The number of nitrogens with zero attached hydrogens (tertiary/aromatic N) is 2.